The van der Waals surface area contributed by atoms with Crippen molar-refractivity contribution in [2.75, 3.05) is 6.61 Å². The van der Waals surface area contributed by atoms with Crippen LogP contribution in [0.5, 0.6) is 0 Å². The van der Waals surface area contributed by atoms with Gasteiger partial charge in [-0.05, 0) is 69.3 Å². The van der Waals surface area contributed by atoms with Gasteiger partial charge in [-0.15, -0.1) is 0 Å². The number of ether oxygens (including phenoxy) is 2. The van der Waals surface area contributed by atoms with E-state index in [1.807, 2.05) is 13.8 Å². The smallest absolute Gasteiger partial charge is 0.314 e. The van der Waals surface area contributed by atoms with Crippen molar-refractivity contribution in [3.05, 3.63) is 12.2 Å². The van der Waals surface area contributed by atoms with E-state index < -0.39 is 71.2 Å². The van der Waals surface area contributed by atoms with Crippen LogP contribution >= 0.6 is 0 Å². The maximum absolute atomic E-state index is 13.7. The van der Waals surface area contributed by atoms with Crippen LogP contribution in [0, 0.1) is 28.1 Å². The number of carbonyl (C=O) groups is 1. The van der Waals surface area contributed by atoms with Gasteiger partial charge in [0.2, 0.25) is 6.29 Å². The molecule has 35 heavy (non-hydrogen) atoms. The molecule has 1 saturated heterocycles. The summed E-state index contributed by atoms with van der Waals surface area (Å²) in [5, 5.41) is 63.6. The lowest BCUT2D eigenvalue weighted by atomic mass is 9.38. The van der Waals surface area contributed by atoms with Crippen molar-refractivity contribution in [3.63, 3.8) is 0 Å². The predicted octanol–water partition coefficient (Wildman–Crippen LogP) is 0.384. The Morgan fingerprint density at radius 2 is 1.77 bits per heavy atom. The maximum Gasteiger partial charge on any atom is 0.314 e. The molecular weight excluding hydrogens is 456 g/mol. The van der Waals surface area contributed by atoms with Gasteiger partial charge in [-0.25, -0.2) is 0 Å². The number of esters is 1. The molecule has 0 amide bonds. The van der Waals surface area contributed by atoms with E-state index in [0.29, 0.717) is 32.1 Å². The molecule has 0 aromatic heterocycles. The van der Waals surface area contributed by atoms with E-state index in [0.717, 1.165) is 24.8 Å². The van der Waals surface area contributed by atoms with E-state index in [2.05, 4.69) is 6.58 Å². The third kappa shape index (κ3) is 3.15. The summed E-state index contributed by atoms with van der Waals surface area (Å²) in [4.78, 5) is 13.7. The van der Waals surface area contributed by atoms with E-state index in [-0.39, 0.29) is 11.8 Å². The van der Waals surface area contributed by atoms with Gasteiger partial charge in [-0.3, -0.25) is 4.79 Å². The third-order valence-electron chi connectivity index (χ3n) is 11.0. The maximum atomic E-state index is 13.7. The largest absolute Gasteiger partial charge is 0.432 e. The minimum atomic E-state index is -1.66. The molecule has 2 bridgehead atoms. The van der Waals surface area contributed by atoms with Gasteiger partial charge in [0, 0.05) is 10.8 Å². The number of fused-ring (bicyclic) bond motifs is 3. The number of hydrogen-bond donors (Lipinski definition) is 6. The molecule has 12 atom stereocenters. The Kier molecular flexibility index (Phi) is 6.00. The summed E-state index contributed by atoms with van der Waals surface area (Å²) in [5.74, 6) is -0.603. The molecular formula is C26H40O9. The molecule has 5 rings (SSSR count). The average molecular weight is 497 g/mol. The van der Waals surface area contributed by atoms with Crippen molar-refractivity contribution in [3.8, 4) is 0 Å². The first-order valence-corrected chi connectivity index (χ1v) is 13.0. The van der Waals surface area contributed by atoms with Gasteiger partial charge in [0.25, 0.3) is 0 Å². The van der Waals surface area contributed by atoms with E-state index in [9.17, 15) is 35.4 Å². The summed E-state index contributed by atoms with van der Waals surface area (Å²) in [5.41, 5.74) is -2.60. The molecule has 0 aromatic carbocycles. The Hall–Kier alpha value is -1.07. The second-order valence-corrected chi connectivity index (χ2v) is 12.3. The van der Waals surface area contributed by atoms with Crippen molar-refractivity contribution in [2.24, 2.45) is 28.1 Å². The van der Waals surface area contributed by atoms with E-state index >= 15 is 0 Å². The number of hydrogen-bond acceptors (Lipinski definition) is 9. The molecule has 0 aromatic rings. The lowest BCUT2D eigenvalue weighted by Crippen LogP contribution is -2.71. The highest BCUT2D eigenvalue weighted by Crippen LogP contribution is 2.73. The zero-order valence-electron chi connectivity index (χ0n) is 20.6. The molecule has 9 nitrogen and oxygen atoms in total. The second-order valence-electron chi connectivity index (χ2n) is 12.3. The molecule has 1 spiro atoms. The van der Waals surface area contributed by atoms with Crippen LogP contribution in [0.4, 0.5) is 0 Å². The minimum absolute atomic E-state index is 0.219. The van der Waals surface area contributed by atoms with Crippen molar-refractivity contribution >= 4 is 5.97 Å². The predicted molar refractivity (Wildman–Crippen MR) is 123 cm³/mol. The van der Waals surface area contributed by atoms with Gasteiger partial charge in [0.15, 0.2) is 0 Å². The monoisotopic (exact) mass is 496 g/mol. The summed E-state index contributed by atoms with van der Waals surface area (Å²) in [6, 6.07) is 0. The minimum Gasteiger partial charge on any atom is -0.432 e. The molecule has 0 radical (unpaired) electrons. The number of aliphatic hydroxyl groups excluding tert-OH is 5. The number of rotatable bonds is 3. The van der Waals surface area contributed by atoms with Crippen LogP contribution in [-0.2, 0) is 14.3 Å². The molecule has 4 aliphatic carbocycles. The lowest BCUT2D eigenvalue weighted by molar-refractivity contribution is -0.303. The van der Waals surface area contributed by atoms with Crippen LogP contribution in [0.2, 0.25) is 0 Å². The highest BCUT2D eigenvalue weighted by Gasteiger charge is 2.75. The van der Waals surface area contributed by atoms with Crippen LogP contribution in [0.3, 0.4) is 0 Å². The summed E-state index contributed by atoms with van der Waals surface area (Å²) in [6.07, 6.45) is -3.08. The zero-order valence-corrected chi connectivity index (χ0v) is 20.6. The molecule has 1 aliphatic heterocycles. The van der Waals surface area contributed by atoms with Gasteiger partial charge in [-0.1, -0.05) is 19.9 Å². The Labute approximate surface area is 205 Å². The normalized spacial score (nSPS) is 55.7. The fraction of sp³-hybridized carbons (Fsp3) is 0.885. The van der Waals surface area contributed by atoms with Crippen molar-refractivity contribution in [2.45, 2.75) is 108 Å². The first-order chi connectivity index (χ1) is 16.4. The van der Waals surface area contributed by atoms with Gasteiger partial charge in [0.1, 0.15) is 24.4 Å². The van der Waals surface area contributed by atoms with Crippen LogP contribution < -0.4 is 0 Å². The number of carbonyl (C=O) groups excluding carboxylic acids is 1. The lowest BCUT2D eigenvalue weighted by Gasteiger charge is -2.68. The summed E-state index contributed by atoms with van der Waals surface area (Å²) >= 11 is 0. The van der Waals surface area contributed by atoms with Crippen LogP contribution in [-0.4, -0.2) is 85.6 Å². The van der Waals surface area contributed by atoms with Gasteiger partial charge < -0.3 is 40.1 Å². The fourth-order valence-corrected chi connectivity index (χ4v) is 8.93. The Morgan fingerprint density at radius 3 is 2.46 bits per heavy atom. The van der Waals surface area contributed by atoms with Crippen LogP contribution in [0.25, 0.3) is 0 Å². The SMILES string of the molecule is C=C1C2CC[C@]3(O)C(CC[C@@H]4[C@](C)(C(=O)O[C@@H]5OC(CO)C(O)C(O)C5O)CCC[C@]43C)(C2)[C@H]1O. The highest BCUT2D eigenvalue weighted by molar-refractivity contribution is 5.77. The van der Waals surface area contributed by atoms with Crippen molar-refractivity contribution in [1.29, 1.82) is 0 Å². The standard InChI is InChI=1S/C26H40O9/c1-13-14-5-10-26(33)24(3)8-4-7-23(2,16(24)6-9-25(26,11-14)20(13)31)22(32)35-21-19(30)18(29)17(28)15(12-27)34-21/h14-21,27-31,33H,1,4-12H2,2-3H3/t14?,15?,16-,17?,18?,19?,20+,21+,23-,24-,25?,26-/m1/s1. The third-order valence-corrected chi connectivity index (χ3v) is 11.0. The average Bonchev–Trinajstić information content (AvgIpc) is 3.03. The quantitative estimate of drug-likeness (QED) is 0.240. The molecule has 6 unspecified atom stereocenters. The van der Waals surface area contributed by atoms with Crippen LogP contribution in [0.15, 0.2) is 12.2 Å². The fourth-order valence-electron chi connectivity index (χ4n) is 8.93. The molecule has 5 aliphatic rings. The van der Waals surface area contributed by atoms with Crippen LogP contribution in [0.1, 0.15) is 65.2 Å². The summed E-state index contributed by atoms with van der Waals surface area (Å²) in [7, 11) is 0. The van der Waals surface area contributed by atoms with Gasteiger partial charge >= 0.3 is 5.97 Å². The van der Waals surface area contributed by atoms with E-state index in [4.69, 9.17) is 9.47 Å². The molecule has 1 heterocycles. The summed E-state index contributed by atoms with van der Waals surface area (Å²) < 4.78 is 11.0. The molecule has 198 valence electrons. The number of aliphatic hydroxyl groups is 6. The first-order valence-electron chi connectivity index (χ1n) is 13.0. The Balaban J connectivity index is 1.43. The highest BCUT2D eigenvalue weighted by atomic mass is 16.7. The topological polar surface area (TPSA) is 157 Å². The van der Waals surface area contributed by atoms with Gasteiger partial charge in [0.05, 0.1) is 23.7 Å². The molecule has 6 N–H and O–H groups in total. The van der Waals surface area contributed by atoms with Gasteiger partial charge in [-0.2, -0.15) is 0 Å². The van der Waals surface area contributed by atoms with E-state index in [1.54, 1.807) is 0 Å². The Morgan fingerprint density at radius 1 is 1.06 bits per heavy atom. The molecule has 4 saturated carbocycles. The van der Waals surface area contributed by atoms with Crippen molar-refractivity contribution < 1.29 is 44.9 Å². The second kappa shape index (κ2) is 8.21. The molecule has 5 fully saturated rings. The van der Waals surface area contributed by atoms with E-state index in [1.165, 1.54) is 0 Å². The van der Waals surface area contributed by atoms with Crippen molar-refractivity contribution in [1.82, 2.24) is 0 Å². The molecule has 9 heteroatoms. The first kappa shape index (κ1) is 25.6. The summed E-state index contributed by atoms with van der Waals surface area (Å²) in [6.45, 7) is 7.41. The Bertz CT molecular complexity index is 892. The zero-order chi connectivity index (χ0) is 25.6.